The van der Waals surface area contributed by atoms with Gasteiger partial charge in [-0.1, -0.05) is 40.6 Å². The first-order chi connectivity index (χ1) is 7.74. The average molecular weight is 281 g/mol. The van der Waals surface area contributed by atoms with Crippen molar-refractivity contribution in [1.29, 1.82) is 0 Å². The Morgan fingerprint density at radius 1 is 1.19 bits per heavy atom. The second-order valence-corrected chi connectivity index (χ2v) is 4.73. The van der Waals surface area contributed by atoms with Crippen molar-refractivity contribution in [2.24, 2.45) is 0 Å². The van der Waals surface area contributed by atoms with Crippen molar-refractivity contribution in [3.8, 4) is 0 Å². The van der Waals surface area contributed by atoms with Crippen molar-refractivity contribution in [1.82, 2.24) is 0 Å². The maximum atomic E-state index is 11.8. The summed E-state index contributed by atoms with van der Waals surface area (Å²) in [5.74, 6) is 0.242. The first-order valence-corrected chi connectivity index (χ1v) is 6.43. The van der Waals surface area contributed by atoms with E-state index in [1.807, 2.05) is 30.3 Å². The summed E-state index contributed by atoms with van der Waals surface area (Å²) in [4.78, 5) is 11.8. The molecule has 0 bridgehead atoms. The number of allylic oxidation sites excluding steroid dienone is 1. The highest BCUT2D eigenvalue weighted by atomic mass is 79.9. The third-order valence-corrected chi connectivity index (χ3v) is 3.01. The lowest BCUT2D eigenvalue weighted by atomic mass is 10.0. The summed E-state index contributed by atoms with van der Waals surface area (Å²) in [6, 6.07) is 7.56. The average Bonchev–Trinajstić information content (AvgIpc) is 2.29. The topological polar surface area (TPSA) is 17.1 Å². The van der Waals surface area contributed by atoms with Gasteiger partial charge in [-0.25, -0.2) is 0 Å². The van der Waals surface area contributed by atoms with Crippen molar-refractivity contribution in [2.75, 3.05) is 0 Å². The molecule has 1 nitrogen and oxygen atoms in total. The highest BCUT2D eigenvalue weighted by Gasteiger charge is 2.04. The molecular weight excluding hydrogens is 264 g/mol. The molecule has 0 heterocycles. The number of rotatable bonds is 7. The predicted octanol–water partition coefficient (Wildman–Crippen LogP) is 4.77. The van der Waals surface area contributed by atoms with Crippen LogP contribution >= 0.6 is 15.9 Å². The molecule has 1 aromatic rings. The van der Waals surface area contributed by atoms with E-state index in [-0.39, 0.29) is 5.78 Å². The van der Waals surface area contributed by atoms with E-state index in [4.69, 9.17) is 0 Å². The van der Waals surface area contributed by atoms with Crippen LogP contribution in [0.2, 0.25) is 0 Å². The fourth-order valence-corrected chi connectivity index (χ4v) is 1.80. The van der Waals surface area contributed by atoms with Crippen LogP contribution in [0.1, 0.15) is 42.5 Å². The van der Waals surface area contributed by atoms with E-state index in [2.05, 4.69) is 22.5 Å². The largest absolute Gasteiger partial charge is 0.294 e. The Labute approximate surface area is 106 Å². The Hall–Kier alpha value is -0.890. The summed E-state index contributed by atoms with van der Waals surface area (Å²) < 4.78 is 1.01. The molecule has 0 N–H and O–H groups in total. The number of benzene rings is 1. The van der Waals surface area contributed by atoms with Crippen molar-refractivity contribution >= 4 is 21.7 Å². The molecule has 16 heavy (non-hydrogen) atoms. The lowest BCUT2D eigenvalue weighted by molar-refractivity contribution is 0.0979. The molecule has 2 heteroatoms. The molecule has 86 valence electrons. The van der Waals surface area contributed by atoms with Gasteiger partial charge in [-0.2, -0.15) is 0 Å². The van der Waals surface area contributed by atoms with Crippen LogP contribution in [-0.2, 0) is 0 Å². The monoisotopic (exact) mass is 280 g/mol. The Balaban J connectivity index is 2.29. The molecule has 0 aliphatic carbocycles. The zero-order valence-electron chi connectivity index (χ0n) is 9.42. The SMILES string of the molecule is C=CCCCCCC(=O)c1ccc(Br)cc1. The third kappa shape index (κ3) is 4.75. The van der Waals surface area contributed by atoms with Gasteiger partial charge in [0, 0.05) is 16.5 Å². The van der Waals surface area contributed by atoms with E-state index in [1.54, 1.807) is 0 Å². The van der Waals surface area contributed by atoms with Gasteiger partial charge in [-0.15, -0.1) is 6.58 Å². The minimum absolute atomic E-state index is 0.242. The Bertz CT molecular complexity index is 340. The molecule has 0 saturated carbocycles. The quantitative estimate of drug-likeness (QED) is 0.400. The zero-order valence-corrected chi connectivity index (χ0v) is 11.0. The fraction of sp³-hybridized carbons (Fsp3) is 0.357. The maximum Gasteiger partial charge on any atom is 0.162 e. The number of hydrogen-bond donors (Lipinski definition) is 0. The molecule has 0 spiro atoms. The van der Waals surface area contributed by atoms with Gasteiger partial charge in [-0.05, 0) is 31.4 Å². The van der Waals surface area contributed by atoms with Crippen LogP contribution in [0.15, 0.2) is 41.4 Å². The van der Waals surface area contributed by atoms with Gasteiger partial charge >= 0.3 is 0 Å². The first kappa shape index (κ1) is 13.2. The Kier molecular flexibility index (Phi) is 6.09. The Morgan fingerprint density at radius 2 is 1.88 bits per heavy atom. The van der Waals surface area contributed by atoms with Crippen LogP contribution in [0, 0.1) is 0 Å². The number of Topliss-reactive ketones (excluding diaryl/α,β-unsaturated/α-hetero) is 1. The number of hydrogen-bond acceptors (Lipinski definition) is 1. The molecule has 0 aliphatic heterocycles. The van der Waals surface area contributed by atoms with Crippen LogP contribution in [0.25, 0.3) is 0 Å². The summed E-state index contributed by atoms with van der Waals surface area (Å²) in [5, 5.41) is 0. The number of unbranched alkanes of at least 4 members (excludes halogenated alkanes) is 3. The molecule has 0 saturated heterocycles. The standard InChI is InChI=1S/C14H17BrO/c1-2-3-4-5-6-7-14(16)12-8-10-13(15)11-9-12/h2,8-11H,1,3-7H2. The molecule has 0 unspecified atom stereocenters. The smallest absolute Gasteiger partial charge is 0.162 e. The molecular formula is C14H17BrO. The summed E-state index contributed by atoms with van der Waals surface area (Å²) in [6.45, 7) is 3.68. The summed E-state index contributed by atoms with van der Waals surface area (Å²) in [7, 11) is 0. The molecule has 1 aromatic carbocycles. The van der Waals surface area contributed by atoms with E-state index >= 15 is 0 Å². The number of ketones is 1. The fourth-order valence-electron chi connectivity index (χ4n) is 1.53. The normalized spacial score (nSPS) is 10.1. The highest BCUT2D eigenvalue weighted by Crippen LogP contribution is 2.13. The second kappa shape index (κ2) is 7.39. The van der Waals surface area contributed by atoms with Crippen LogP contribution in [0.3, 0.4) is 0 Å². The zero-order chi connectivity index (χ0) is 11.8. The van der Waals surface area contributed by atoms with Gasteiger partial charge in [0.25, 0.3) is 0 Å². The minimum atomic E-state index is 0.242. The van der Waals surface area contributed by atoms with E-state index in [0.29, 0.717) is 6.42 Å². The van der Waals surface area contributed by atoms with Gasteiger partial charge in [0.2, 0.25) is 0 Å². The van der Waals surface area contributed by atoms with Gasteiger partial charge in [0.05, 0.1) is 0 Å². The van der Waals surface area contributed by atoms with Crippen molar-refractivity contribution in [3.63, 3.8) is 0 Å². The third-order valence-electron chi connectivity index (χ3n) is 2.48. The van der Waals surface area contributed by atoms with Gasteiger partial charge in [0.1, 0.15) is 0 Å². The summed E-state index contributed by atoms with van der Waals surface area (Å²) in [5.41, 5.74) is 0.812. The molecule has 0 aromatic heterocycles. The molecule has 0 radical (unpaired) electrons. The van der Waals surface area contributed by atoms with Crippen molar-refractivity contribution < 1.29 is 4.79 Å². The lowest BCUT2D eigenvalue weighted by Gasteiger charge is -2.01. The van der Waals surface area contributed by atoms with Crippen molar-refractivity contribution in [2.45, 2.75) is 32.1 Å². The number of halogens is 1. The van der Waals surface area contributed by atoms with E-state index in [0.717, 1.165) is 35.7 Å². The molecule has 0 fully saturated rings. The van der Waals surface area contributed by atoms with Gasteiger partial charge < -0.3 is 0 Å². The molecule has 1 rings (SSSR count). The molecule has 0 aliphatic rings. The predicted molar refractivity (Wildman–Crippen MR) is 71.8 cm³/mol. The number of carbonyl (C=O) groups excluding carboxylic acids is 1. The molecule has 0 atom stereocenters. The highest BCUT2D eigenvalue weighted by molar-refractivity contribution is 9.10. The van der Waals surface area contributed by atoms with Crippen LogP contribution in [0.5, 0.6) is 0 Å². The maximum absolute atomic E-state index is 11.8. The van der Waals surface area contributed by atoms with Crippen LogP contribution in [0.4, 0.5) is 0 Å². The summed E-state index contributed by atoms with van der Waals surface area (Å²) >= 11 is 3.35. The van der Waals surface area contributed by atoms with E-state index < -0.39 is 0 Å². The first-order valence-electron chi connectivity index (χ1n) is 5.63. The van der Waals surface area contributed by atoms with Crippen LogP contribution < -0.4 is 0 Å². The lowest BCUT2D eigenvalue weighted by Crippen LogP contribution is -1.98. The molecule has 0 amide bonds. The Morgan fingerprint density at radius 3 is 2.50 bits per heavy atom. The summed E-state index contributed by atoms with van der Waals surface area (Å²) in [6.07, 6.45) is 6.84. The van der Waals surface area contributed by atoms with Gasteiger partial charge in [0.15, 0.2) is 5.78 Å². The van der Waals surface area contributed by atoms with Crippen LogP contribution in [-0.4, -0.2) is 5.78 Å². The minimum Gasteiger partial charge on any atom is -0.294 e. The van der Waals surface area contributed by atoms with Gasteiger partial charge in [-0.3, -0.25) is 4.79 Å². The van der Waals surface area contributed by atoms with E-state index in [9.17, 15) is 4.79 Å². The van der Waals surface area contributed by atoms with Crippen molar-refractivity contribution in [3.05, 3.63) is 47.0 Å². The second-order valence-electron chi connectivity index (χ2n) is 3.82. The van der Waals surface area contributed by atoms with E-state index in [1.165, 1.54) is 0 Å². The number of carbonyl (C=O) groups is 1.